The first kappa shape index (κ1) is 11.0. The van der Waals surface area contributed by atoms with Crippen LogP contribution in [0, 0.1) is 0 Å². The Hall–Kier alpha value is -1.55. The van der Waals surface area contributed by atoms with Crippen LogP contribution in [0.5, 0.6) is 0 Å². The van der Waals surface area contributed by atoms with E-state index in [0.29, 0.717) is 5.75 Å². The van der Waals surface area contributed by atoms with Gasteiger partial charge in [-0.2, -0.15) is 0 Å². The van der Waals surface area contributed by atoms with Crippen LogP contribution in [0.15, 0.2) is 43.2 Å². The van der Waals surface area contributed by atoms with Crippen molar-refractivity contribution in [3.8, 4) is 0 Å². The largest absolute Gasteiger partial charge is 0.273 e. The topological polar surface area (TPSA) is 34.9 Å². The van der Waals surface area contributed by atoms with Gasteiger partial charge >= 0.3 is 0 Å². The van der Waals surface area contributed by atoms with E-state index in [-0.39, 0.29) is 5.91 Å². The van der Waals surface area contributed by atoms with Crippen molar-refractivity contribution in [2.24, 2.45) is 0 Å². The summed E-state index contributed by atoms with van der Waals surface area (Å²) in [5, 5.41) is 0. The van der Waals surface area contributed by atoms with E-state index in [2.05, 4.69) is 11.6 Å². The summed E-state index contributed by atoms with van der Waals surface area (Å²) < 4.78 is 1.60. The number of aromatic nitrogens is 2. The Morgan fingerprint density at radius 3 is 3.12 bits per heavy atom. The van der Waals surface area contributed by atoms with Gasteiger partial charge in [0.15, 0.2) is 0 Å². The zero-order valence-corrected chi connectivity index (χ0v) is 9.61. The number of fused-ring (bicyclic) bond motifs is 1. The van der Waals surface area contributed by atoms with Crippen molar-refractivity contribution in [1.29, 1.82) is 0 Å². The Morgan fingerprint density at radius 1 is 1.50 bits per heavy atom. The highest BCUT2D eigenvalue weighted by Crippen LogP contribution is 2.12. The van der Waals surface area contributed by atoms with Crippen molar-refractivity contribution < 1.29 is 4.79 Å². The number of benzene rings is 1. The van der Waals surface area contributed by atoms with E-state index in [1.165, 1.54) is 0 Å². The van der Waals surface area contributed by atoms with Crippen molar-refractivity contribution in [2.75, 3.05) is 11.5 Å². The van der Waals surface area contributed by atoms with Gasteiger partial charge in [-0.05, 0) is 12.1 Å². The Kier molecular flexibility index (Phi) is 3.41. The van der Waals surface area contributed by atoms with Crippen LogP contribution in [-0.4, -0.2) is 27.0 Å². The Labute approximate surface area is 98.2 Å². The van der Waals surface area contributed by atoms with Crippen molar-refractivity contribution >= 4 is 28.7 Å². The molecule has 2 rings (SSSR count). The number of hydrogen-bond donors (Lipinski definition) is 0. The summed E-state index contributed by atoms with van der Waals surface area (Å²) in [5.74, 6) is 1.30. The molecule has 0 radical (unpaired) electrons. The van der Waals surface area contributed by atoms with Gasteiger partial charge in [0.25, 0.3) is 0 Å². The maximum atomic E-state index is 11.9. The van der Waals surface area contributed by atoms with E-state index in [0.717, 1.165) is 16.8 Å². The van der Waals surface area contributed by atoms with Gasteiger partial charge in [-0.15, -0.1) is 18.3 Å². The van der Waals surface area contributed by atoms with Crippen LogP contribution in [0.25, 0.3) is 11.0 Å². The van der Waals surface area contributed by atoms with Gasteiger partial charge in [-0.3, -0.25) is 9.36 Å². The van der Waals surface area contributed by atoms with E-state index in [1.807, 2.05) is 24.3 Å². The van der Waals surface area contributed by atoms with Crippen LogP contribution in [-0.2, 0) is 0 Å². The number of carbonyl (C=O) groups excluding carboxylic acids is 1. The first-order valence-corrected chi connectivity index (χ1v) is 6.12. The van der Waals surface area contributed by atoms with Crippen LogP contribution >= 0.6 is 11.8 Å². The lowest BCUT2D eigenvalue weighted by molar-refractivity contribution is 0.0946. The number of imidazole rings is 1. The zero-order valence-electron chi connectivity index (χ0n) is 8.80. The normalized spacial score (nSPS) is 10.5. The minimum Gasteiger partial charge on any atom is -0.273 e. The second kappa shape index (κ2) is 4.99. The molecular weight excluding hydrogens is 220 g/mol. The number of thioether (sulfide) groups is 1. The van der Waals surface area contributed by atoms with Crippen LogP contribution in [0.3, 0.4) is 0 Å². The summed E-state index contributed by atoms with van der Waals surface area (Å²) in [5.41, 5.74) is 1.72. The van der Waals surface area contributed by atoms with Gasteiger partial charge in [0.05, 0.1) is 16.8 Å². The summed E-state index contributed by atoms with van der Waals surface area (Å²) in [4.78, 5) is 16.0. The number of rotatable bonds is 4. The fourth-order valence-electron chi connectivity index (χ4n) is 1.46. The fraction of sp³-hybridized carbons (Fsp3) is 0.167. The Bertz CT molecular complexity index is 518. The second-order valence-corrected chi connectivity index (χ2v) is 4.33. The van der Waals surface area contributed by atoms with Crippen LogP contribution in [0.1, 0.15) is 4.79 Å². The van der Waals surface area contributed by atoms with Crippen molar-refractivity contribution in [1.82, 2.24) is 9.55 Å². The van der Waals surface area contributed by atoms with E-state index in [1.54, 1.807) is 28.7 Å². The van der Waals surface area contributed by atoms with Gasteiger partial charge in [-0.1, -0.05) is 18.2 Å². The third-order valence-corrected chi connectivity index (χ3v) is 3.11. The maximum absolute atomic E-state index is 11.9. The van der Waals surface area contributed by atoms with Gasteiger partial charge in [0, 0.05) is 5.75 Å². The lowest BCUT2D eigenvalue weighted by Gasteiger charge is -2.01. The van der Waals surface area contributed by atoms with E-state index in [9.17, 15) is 4.79 Å². The lowest BCUT2D eigenvalue weighted by atomic mass is 10.3. The van der Waals surface area contributed by atoms with E-state index >= 15 is 0 Å². The molecule has 0 atom stereocenters. The molecule has 0 N–H and O–H groups in total. The van der Waals surface area contributed by atoms with E-state index < -0.39 is 0 Å². The fourth-order valence-corrected chi connectivity index (χ4v) is 2.06. The number of carbonyl (C=O) groups is 1. The van der Waals surface area contributed by atoms with Crippen LogP contribution < -0.4 is 0 Å². The summed E-state index contributed by atoms with van der Waals surface area (Å²) in [7, 11) is 0. The quantitative estimate of drug-likeness (QED) is 0.600. The van der Waals surface area contributed by atoms with Gasteiger partial charge in [-0.25, -0.2) is 4.98 Å². The molecule has 0 aliphatic heterocycles. The molecule has 2 aromatic rings. The minimum absolute atomic E-state index is 0.0561. The predicted octanol–water partition coefficient (Wildman–Crippen LogP) is 2.60. The highest BCUT2D eigenvalue weighted by Gasteiger charge is 2.08. The average molecular weight is 232 g/mol. The van der Waals surface area contributed by atoms with Gasteiger partial charge in [0.2, 0.25) is 5.91 Å². The van der Waals surface area contributed by atoms with Crippen molar-refractivity contribution in [3.63, 3.8) is 0 Å². The molecule has 0 unspecified atom stereocenters. The molecule has 16 heavy (non-hydrogen) atoms. The molecule has 82 valence electrons. The third-order valence-electron chi connectivity index (χ3n) is 2.18. The van der Waals surface area contributed by atoms with Gasteiger partial charge < -0.3 is 0 Å². The summed E-state index contributed by atoms with van der Waals surface area (Å²) >= 11 is 1.55. The molecule has 0 spiro atoms. The van der Waals surface area contributed by atoms with Gasteiger partial charge in [0.1, 0.15) is 6.33 Å². The monoisotopic (exact) mass is 232 g/mol. The number of nitrogens with zero attached hydrogens (tertiary/aromatic N) is 2. The molecule has 1 heterocycles. The molecule has 0 aliphatic carbocycles. The second-order valence-electron chi connectivity index (χ2n) is 3.30. The average Bonchev–Trinajstić information content (AvgIpc) is 2.73. The summed E-state index contributed by atoms with van der Waals surface area (Å²) in [6.45, 7) is 3.62. The molecule has 1 aromatic carbocycles. The smallest absolute Gasteiger partial charge is 0.242 e. The SMILES string of the molecule is C=CCSCC(=O)n1cnc2ccccc21. The predicted molar refractivity (Wildman–Crippen MR) is 67.9 cm³/mol. The number of hydrogen-bond acceptors (Lipinski definition) is 3. The first-order valence-electron chi connectivity index (χ1n) is 4.97. The maximum Gasteiger partial charge on any atom is 0.242 e. The molecule has 0 fully saturated rings. The highest BCUT2D eigenvalue weighted by molar-refractivity contribution is 8.00. The highest BCUT2D eigenvalue weighted by atomic mass is 32.2. The molecule has 1 aromatic heterocycles. The Balaban J connectivity index is 2.19. The molecular formula is C12H12N2OS. The van der Waals surface area contributed by atoms with Crippen LogP contribution in [0.4, 0.5) is 0 Å². The summed E-state index contributed by atoms with van der Waals surface area (Å²) in [6.07, 6.45) is 3.38. The number of para-hydroxylation sites is 2. The van der Waals surface area contributed by atoms with E-state index in [4.69, 9.17) is 0 Å². The molecule has 4 heteroatoms. The molecule has 0 bridgehead atoms. The molecule has 0 aliphatic rings. The molecule has 0 amide bonds. The zero-order chi connectivity index (χ0) is 11.4. The first-order chi connectivity index (χ1) is 7.83. The molecule has 0 saturated heterocycles. The minimum atomic E-state index is 0.0561. The lowest BCUT2D eigenvalue weighted by Crippen LogP contribution is -2.11. The molecule has 3 nitrogen and oxygen atoms in total. The standard InChI is InChI=1S/C12H12N2OS/c1-2-7-16-8-12(15)14-9-13-10-5-3-4-6-11(10)14/h2-6,9H,1,7-8H2. The van der Waals surface area contributed by atoms with Crippen LogP contribution in [0.2, 0.25) is 0 Å². The Morgan fingerprint density at radius 2 is 2.31 bits per heavy atom. The summed E-state index contributed by atoms with van der Waals surface area (Å²) in [6, 6.07) is 7.62. The van der Waals surface area contributed by atoms with Crippen molar-refractivity contribution in [3.05, 3.63) is 43.2 Å². The molecule has 0 saturated carbocycles. The third kappa shape index (κ3) is 2.17. The van der Waals surface area contributed by atoms with Crippen molar-refractivity contribution in [2.45, 2.75) is 0 Å².